The number of hydrogen-bond acceptors (Lipinski definition) is 2. The zero-order valence-electron chi connectivity index (χ0n) is 12.9. The Morgan fingerprint density at radius 2 is 1.90 bits per heavy atom. The molecule has 1 amide bonds. The summed E-state index contributed by atoms with van der Waals surface area (Å²) >= 11 is 0. The molecule has 2 aliphatic carbocycles. The number of carbonyl (C=O) groups is 1. The van der Waals surface area contributed by atoms with Gasteiger partial charge in [-0.05, 0) is 45.4 Å². The lowest BCUT2D eigenvalue weighted by Gasteiger charge is -2.15. The average molecular weight is 275 g/mol. The Hall–Kier alpha value is -1.32. The van der Waals surface area contributed by atoms with Gasteiger partial charge in [-0.15, -0.1) is 0 Å². The maximum absolute atomic E-state index is 12.4. The van der Waals surface area contributed by atoms with Crippen molar-refractivity contribution in [3.63, 3.8) is 0 Å². The summed E-state index contributed by atoms with van der Waals surface area (Å²) in [5.74, 6) is 1.90. The molecule has 0 radical (unpaired) electrons. The molecule has 4 heteroatoms. The van der Waals surface area contributed by atoms with Crippen LogP contribution in [0.2, 0.25) is 0 Å². The van der Waals surface area contributed by atoms with E-state index in [4.69, 9.17) is 0 Å². The Kier molecular flexibility index (Phi) is 3.35. The van der Waals surface area contributed by atoms with E-state index in [-0.39, 0.29) is 17.9 Å². The molecule has 110 valence electrons. The fraction of sp³-hybridized carbons (Fsp3) is 0.750. The van der Waals surface area contributed by atoms with Gasteiger partial charge < -0.3 is 5.32 Å². The molecule has 2 aliphatic rings. The summed E-state index contributed by atoms with van der Waals surface area (Å²) in [5, 5.41) is 7.65. The molecular formula is C16H25N3O. The molecule has 2 saturated carbocycles. The number of nitrogens with one attached hydrogen (secondary N) is 1. The van der Waals surface area contributed by atoms with Crippen LogP contribution in [0.3, 0.4) is 0 Å². The molecule has 0 aliphatic heterocycles. The Morgan fingerprint density at radius 1 is 1.30 bits per heavy atom. The maximum Gasteiger partial charge on any atom is 0.224 e. The van der Waals surface area contributed by atoms with Crippen LogP contribution in [0.1, 0.15) is 55.6 Å². The molecule has 0 bridgehead atoms. The van der Waals surface area contributed by atoms with Gasteiger partial charge in [-0.1, -0.05) is 12.8 Å². The molecule has 1 unspecified atom stereocenters. The van der Waals surface area contributed by atoms with Crippen molar-refractivity contribution in [1.82, 2.24) is 15.1 Å². The van der Waals surface area contributed by atoms with Crippen LogP contribution in [0, 0.1) is 31.6 Å². The van der Waals surface area contributed by atoms with Crippen LogP contribution in [-0.4, -0.2) is 15.7 Å². The number of carbonyl (C=O) groups excluding carboxylic acids is 1. The van der Waals surface area contributed by atoms with Crippen molar-refractivity contribution in [2.75, 3.05) is 0 Å². The predicted octanol–water partition coefficient (Wildman–Crippen LogP) is 2.65. The third kappa shape index (κ3) is 2.15. The number of aromatic nitrogens is 2. The molecule has 4 nitrogen and oxygen atoms in total. The molecule has 1 heterocycles. The Balaban J connectivity index is 1.67. The maximum atomic E-state index is 12.4. The summed E-state index contributed by atoms with van der Waals surface area (Å²) < 4.78 is 1.89. The van der Waals surface area contributed by atoms with Crippen LogP contribution in [-0.2, 0) is 11.8 Å². The first-order chi connectivity index (χ1) is 9.50. The summed E-state index contributed by atoms with van der Waals surface area (Å²) in [4.78, 5) is 12.4. The second kappa shape index (κ2) is 4.90. The quantitative estimate of drug-likeness (QED) is 0.922. The lowest BCUT2D eigenvalue weighted by Crippen LogP contribution is -2.29. The predicted molar refractivity (Wildman–Crippen MR) is 78.2 cm³/mol. The van der Waals surface area contributed by atoms with Crippen LogP contribution in [0.25, 0.3) is 0 Å². The molecule has 0 saturated heterocycles. The first-order valence-corrected chi connectivity index (χ1v) is 7.81. The number of hydrogen-bond donors (Lipinski definition) is 1. The molecule has 3 rings (SSSR count). The van der Waals surface area contributed by atoms with E-state index in [1.54, 1.807) is 0 Å². The summed E-state index contributed by atoms with van der Waals surface area (Å²) in [7, 11) is 1.95. The highest BCUT2D eigenvalue weighted by molar-refractivity contribution is 5.82. The van der Waals surface area contributed by atoms with Gasteiger partial charge in [0.25, 0.3) is 0 Å². The number of nitrogens with zero attached hydrogens (tertiary/aromatic N) is 2. The third-order valence-electron chi connectivity index (χ3n) is 5.32. The lowest BCUT2D eigenvalue weighted by molar-refractivity contribution is -0.123. The topological polar surface area (TPSA) is 46.9 Å². The SMILES string of the molecule is Cc1nn(C)c(C)c1[C@@H](C)NC(=O)C1[C@H]2CCCC[C@@H]12. The normalized spacial score (nSPS) is 29.7. The van der Waals surface area contributed by atoms with Gasteiger partial charge in [0.15, 0.2) is 0 Å². The monoisotopic (exact) mass is 275 g/mol. The van der Waals surface area contributed by atoms with Crippen molar-refractivity contribution < 1.29 is 4.79 Å². The standard InChI is InChI=1S/C16H25N3O/c1-9(14-10(2)18-19(4)11(14)3)17-16(20)15-12-7-5-6-8-13(12)15/h9,12-13,15H,5-8H2,1-4H3,(H,17,20)/t9-,12-,13+,15?/m1/s1. The van der Waals surface area contributed by atoms with Gasteiger partial charge in [-0.2, -0.15) is 5.10 Å². The van der Waals surface area contributed by atoms with E-state index < -0.39 is 0 Å². The zero-order chi connectivity index (χ0) is 14.4. The second-order valence-electron chi connectivity index (χ2n) is 6.58. The summed E-state index contributed by atoms with van der Waals surface area (Å²) in [6, 6.07) is 0.0545. The molecule has 0 aromatic carbocycles. The lowest BCUT2D eigenvalue weighted by atomic mass is 10.0. The Labute approximate surface area is 120 Å². The highest BCUT2D eigenvalue weighted by atomic mass is 16.2. The van der Waals surface area contributed by atoms with Gasteiger partial charge in [0, 0.05) is 24.2 Å². The van der Waals surface area contributed by atoms with E-state index in [1.807, 2.05) is 18.7 Å². The molecule has 2 fully saturated rings. The van der Waals surface area contributed by atoms with E-state index >= 15 is 0 Å². The minimum Gasteiger partial charge on any atom is -0.349 e. The summed E-state index contributed by atoms with van der Waals surface area (Å²) in [5.41, 5.74) is 3.33. The molecule has 4 atom stereocenters. The molecule has 1 aromatic heterocycles. The van der Waals surface area contributed by atoms with Crippen LogP contribution in [0.5, 0.6) is 0 Å². The van der Waals surface area contributed by atoms with E-state index in [1.165, 1.54) is 31.2 Å². The Morgan fingerprint density at radius 3 is 2.40 bits per heavy atom. The molecule has 0 spiro atoms. The molecule has 1 aromatic rings. The average Bonchev–Trinajstić information content (AvgIpc) is 3.06. The number of rotatable bonds is 3. The van der Waals surface area contributed by atoms with Gasteiger partial charge in [-0.25, -0.2) is 0 Å². The zero-order valence-corrected chi connectivity index (χ0v) is 12.9. The van der Waals surface area contributed by atoms with Gasteiger partial charge in [0.1, 0.15) is 0 Å². The Bertz CT molecular complexity index is 522. The molecular weight excluding hydrogens is 250 g/mol. The van der Waals surface area contributed by atoms with Crippen molar-refractivity contribution in [3.05, 3.63) is 17.0 Å². The van der Waals surface area contributed by atoms with Crippen molar-refractivity contribution in [1.29, 1.82) is 0 Å². The first-order valence-electron chi connectivity index (χ1n) is 7.81. The third-order valence-corrected chi connectivity index (χ3v) is 5.32. The minimum absolute atomic E-state index is 0.0545. The molecule has 20 heavy (non-hydrogen) atoms. The number of aryl methyl sites for hydroxylation is 2. The van der Waals surface area contributed by atoms with Gasteiger partial charge in [0.05, 0.1) is 11.7 Å². The van der Waals surface area contributed by atoms with Gasteiger partial charge in [-0.3, -0.25) is 9.48 Å². The van der Waals surface area contributed by atoms with Crippen LogP contribution >= 0.6 is 0 Å². The fourth-order valence-corrected chi connectivity index (χ4v) is 4.18. The first kappa shape index (κ1) is 13.7. The number of fused-ring (bicyclic) bond motifs is 1. The largest absolute Gasteiger partial charge is 0.349 e. The van der Waals surface area contributed by atoms with Crippen LogP contribution < -0.4 is 5.32 Å². The van der Waals surface area contributed by atoms with Gasteiger partial charge in [0.2, 0.25) is 5.91 Å². The van der Waals surface area contributed by atoms with E-state index in [0.717, 1.165) is 11.4 Å². The van der Waals surface area contributed by atoms with Crippen LogP contribution in [0.15, 0.2) is 0 Å². The van der Waals surface area contributed by atoms with Crippen LogP contribution in [0.4, 0.5) is 0 Å². The van der Waals surface area contributed by atoms with E-state index in [0.29, 0.717) is 11.8 Å². The highest BCUT2D eigenvalue weighted by Crippen LogP contribution is 2.55. The van der Waals surface area contributed by atoms with E-state index in [2.05, 4.69) is 24.3 Å². The second-order valence-corrected chi connectivity index (χ2v) is 6.58. The number of amides is 1. The van der Waals surface area contributed by atoms with Gasteiger partial charge >= 0.3 is 0 Å². The molecule has 1 N–H and O–H groups in total. The summed E-state index contributed by atoms with van der Waals surface area (Å²) in [6.07, 6.45) is 5.12. The van der Waals surface area contributed by atoms with Crippen molar-refractivity contribution in [2.24, 2.45) is 24.8 Å². The van der Waals surface area contributed by atoms with Crippen molar-refractivity contribution in [2.45, 2.75) is 52.5 Å². The van der Waals surface area contributed by atoms with Crippen molar-refractivity contribution >= 4 is 5.91 Å². The highest BCUT2D eigenvalue weighted by Gasteiger charge is 2.54. The van der Waals surface area contributed by atoms with E-state index in [9.17, 15) is 4.79 Å². The summed E-state index contributed by atoms with van der Waals surface area (Å²) in [6.45, 7) is 6.15. The van der Waals surface area contributed by atoms with Crippen molar-refractivity contribution in [3.8, 4) is 0 Å². The smallest absolute Gasteiger partial charge is 0.224 e. The fourth-order valence-electron chi connectivity index (χ4n) is 4.18. The minimum atomic E-state index is 0.0545.